The number of hydrogen-bond acceptors (Lipinski definition) is 10. The van der Waals surface area contributed by atoms with Crippen LogP contribution in [0.3, 0.4) is 0 Å². The molecule has 1 aliphatic carbocycles. The smallest absolute Gasteiger partial charge is 0.337 e. The molecule has 0 unspecified atom stereocenters. The molecule has 0 spiro atoms. The van der Waals surface area contributed by atoms with Gasteiger partial charge in [-0.25, -0.2) is 4.79 Å². The normalized spacial score (nSPS) is 41.3. The minimum Gasteiger partial charge on any atom is -0.471 e. The maximum atomic E-state index is 12.0. The van der Waals surface area contributed by atoms with Gasteiger partial charge in [0, 0.05) is 5.92 Å². The predicted molar refractivity (Wildman–Crippen MR) is 86.6 cm³/mol. The monoisotopic (exact) mass is 388 g/mol. The number of ether oxygens (including phenoxy) is 4. The molecular weight excluding hydrogens is 364 g/mol. The standard InChI is InChI=1S/C17H24O10/c1-24-15(23)9-6-25-16(11-7(4-18)2-3-8(9)11)27-17-14(22)13(21)12(20)10(5-19)26-17/h2,6,8,10-14,16-22H,3-5H2,1H3/t8-,10-,11-,12-,13-,14-,16-,17+/m1/s1. The summed E-state index contributed by atoms with van der Waals surface area (Å²) >= 11 is 0. The quantitative estimate of drug-likeness (QED) is 0.258. The second kappa shape index (κ2) is 8.23. The van der Waals surface area contributed by atoms with Gasteiger partial charge in [-0.1, -0.05) is 6.08 Å². The molecule has 10 nitrogen and oxygen atoms in total. The van der Waals surface area contributed by atoms with E-state index in [-0.39, 0.29) is 12.5 Å². The first-order chi connectivity index (χ1) is 12.9. The molecular formula is C17H24O10. The molecule has 0 saturated carbocycles. The van der Waals surface area contributed by atoms with Crippen LogP contribution in [-0.4, -0.2) is 88.8 Å². The number of hydrogen-bond donors (Lipinski definition) is 5. The lowest BCUT2D eigenvalue weighted by atomic mass is 9.83. The summed E-state index contributed by atoms with van der Waals surface area (Å²) in [7, 11) is 1.25. The van der Waals surface area contributed by atoms with Gasteiger partial charge >= 0.3 is 5.97 Å². The van der Waals surface area contributed by atoms with Crippen LogP contribution in [0.1, 0.15) is 6.42 Å². The highest BCUT2D eigenvalue weighted by atomic mass is 16.8. The lowest BCUT2D eigenvalue weighted by Crippen LogP contribution is -2.60. The SMILES string of the molecule is COC(=O)C1=CO[C@H](O[C@@H]2O[C@H](CO)[C@@H](O)[C@@H](O)[C@H]2O)[C@@H]2C(CO)=CC[C@H]12. The van der Waals surface area contributed by atoms with Crippen molar-refractivity contribution < 1.29 is 49.3 Å². The molecule has 3 aliphatic rings. The average Bonchev–Trinajstić information content (AvgIpc) is 3.12. The lowest BCUT2D eigenvalue weighted by Gasteiger charge is -2.42. The van der Waals surface area contributed by atoms with E-state index in [1.165, 1.54) is 13.4 Å². The highest BCUT2D eigenvalue weighted by Crippen LogP contribution is 2.44. The van der Waals surface area contributed by atoms with Crippen molar-refractivity contribution in [1.29, 1.82) is 0 Å². The first-order valence-corrected chi connectivity index (χ1v) is 8.62. The Kier molecular flexibility index (Phi) is 6.16. The molecule has 3 rings (SSSR count). The Hall–Kier alpha value is -1.53. The highest BCUT2D eigenvalue weighted by Gasteiger charge is 2.49. The minimum absolute atomic E-state index is 0.270. The van der Waals surface area contributed by atoms with E-state index >= 15 is 0 Å². The molecule has 0 amide bonds. The van der Waals surface area contributed by atoms with Crippen LogP contribution in [0, 0.1) is 11.8 Å². The predicted octanol–water partition coefficient (Wildman–Crippen LogP) is -2.23. The molecule has 0 radical (unpaired) electrons. The van der Waals surface area contributed by atoms with Crippen molar-refractivity contribution in [2.75, 3.05) is 20.3 Å². The Labute approximate surface area is 155 Å². The summed E-state index contributed by atoms with van der Waals surface area (Å²) in [5.41, 5.74) is 0.903. The summed E-state index contributed by atoms with van der Waals surface area (Å²) < 4.78 is 21.3. The van der Waals surface area contributed by atoms with Crippen LogP contribution in [0.25, 0.3) is 0 Å². The Bertz CT molecular complexity index is 615. The molecule has 27 heavy (non-hydrogen) atoms. The number of esters is 1. The highest BCUT2D eigenvalue weighted by molar-refractivity contribution is 5.89. The second-order valence-corrected chi connectivity index (χ2v) is 6.71. The third-order valence-corrected chi connectivity index (χ3v) is 5.24. The number of methoxy groups -OCH3 is 1. The van der Waals surface area contributed by atoms with E-state index in [4.69, 9.17) is 18.9 Å². The Balaban J connectivity index is 1.80. The zero-order chi connectivity index (χ0) is 19.7. The van der Waals surface area contributed by atoms with E-state index in [1.54, 1.807) is 6.08 Å². The van der Waals surface area contributed by atoms with E-state index in [0.29, 0.717) is 17.6 Å². The van der Waals surface area contributed by atoms with Crippen molar-refractivity contribution in [3.63, 3.8) is 0 Å². The topological polar surface area (TPSA) is 155 Å². The van der Waals surface area contributed by atoms with Crippen LogP contribution in [0.4, 0.5) is 0 Å². The van der Waals surface area contributed by atoms with Crippen LogP contribution < -0.4 is 0 Å². The van der Waals surface area contributed by atoms with E-state index in [0.717, 1.165) is 0 Å². The van der Waals surface area contributed by atoms with Gasteiger partial charge in [0.25, 0.3) is 0 Å². The van der Waals surface area contributed by atoms with Gasteiger partial charge in [0.1, 0.15) is 24.4 Å². The third kappa shape index (κ3) is 3.61. The van der Waals surface area contributed by atoms with Crippen LogP contribution in [0.2, 0.25) is 0 Å². The van der Waals surface area contributed by atoms with Gasteiger partial charge in [-0.05, 0) is 12.0 Å². The molecule has 1 saturated heterocycles. The first-order valence-electron chi connectivity index (χ1n) is 8.62. The number of allylic oxidation sites excluding steroid dienone is 1. The van der Waals surface area contributed by atoms with Crippen molar-refractivity contribution in [3.8, 4) is 0 Å². The Morgan fingerprint density at radius 1 is 1.19 bits per heavy atom. The Morgan fingerprint density at radius 2 is 1.93 bits per heavy atom. The Morgan fingerprint density at radius 3 is 2.56 bits per heavy atom. The number of fused-ring (bicyclic) bond motifs is 1. The van der Waals surface area contributed by atoms with Gasteiger partial charge in [0.05, 0.1) is 38.1 Å². The van der Waals surface area contributed by atoms with Gasteiger partial charge in [0.15, 0.2) is 6.29 Å². The van der Waals surface area contributed by atoms with Crippen molar-refractivity contribution in [1.82, 2.24) is 0 Å². The fraction of sp³-hybridized carbons (Fsp3) is 0.706. The average molecular weight is 388 g/mol. The van der Waals surface area contributed by atoms with Crippen molar-refractivity contribution >= 4 is 5.97 Å². The van der Waals surface area contributed by atoms with E-state index in [2.05, 4.69) is 0 Å². The summed E-state index contributed by atoms with van der Waals surface area (Å²) in [4.78, 5) is 12.0. The molecule has 5 N–H and O–H groups in total. The number of rotatable bonds is 5. The largest absolute Gasteiger partial charge is 0.471 e. The molecule has 0 aromatic carbocycles. The van der Waals surface area contributed by atoms with Crippen molar-refractivity contribution in [2.45, 2.75) is 43.4 Å². The fourth-order valence-electron chi connectivity index (χ4n) is 3.73. The van der Waals surface area contributed by atoms with Crippen LogP contribution in [0.15, 0.2) is 23.5 Å². The second-order valence-electron chi connectivity index (χ2n) is 6.71. The van der Waals surface area contributed by atoms with Gasteiger partial charge in [-0.2, -0.15) is 0 Å². The molecule has 2 heterocycles. The third-order valence-electron chi connectivity index (χ3n) is 5.24. The summed E-state index contributed by atoms with van der Waals surface area (Å²) in [6.07, 6.45) is -4.73. The fourth-order valence-corrected chi connectivity index (χ4v) is 3.73. The number of aliphatic hydroxyl groups is 5. The summed E-state index contributed by atoms with van der Waals surface area (Å²) in [6, 6.07) is 0. The van der Waals surface area contributed by atoms with E-state index in [1.807, 2.05) is 0 Å². The zero-order valence-electron chi connectivity index (χ0n) is 14.7. The summed E-state index contributed by atoms with van der Waals surface area (Å²) in [5, 5.41) is 48.8. The summed E-state index contributed by atoms with van der Waals surface area (Å²) in [6.45, 7) is -0.857. The minimum atomic E-state index is -1.59. The van der Waals surface area contributed by atoms with Gasteiger partial charge in [-0.3, -0.25) is 0 Å². The van der Waals surface area contributed by atoms with Gasteiger partial charge < -0.3 is 44.5 Å². The van der Waals surface area contributed by atoms with Gasteiger partial charge in [-0.15, -0.1) is 0 Å². The maximum absolute atomic E-state index is 12.0. The molecule has 10 heteroatoms. The van der Waals surface area contributed by atoms with Crippen molar-refractivity contribution in [3.05, 3.63) is 23.5 Å². The molecule has 0 bridgehead atoms. The lowest BCUT2D eigenvalue weighted by molar-refractivity contribution is -0.339. The molecule has 0 aromatic rings. The van der Waals surface area contributed by atoms with Crippen LogP contribution >= 0.6 is 0 Å². The van der Waals surface area contributed by atoms with Crippen molar-refractivity contribution in [2.24, 2.45) is 11.8 Å². The molecule has 1 fully saturated rings. The number of carbonyl (C=O) groups is 1. The number of aliphatic hydroxyl groups excluding tert-OH is 5. The first kappa shape index (κ1) is 20.2. The van der Waals surface area contributed by atoms with Crippen LogP contribution in [0.5, 0.6) is 0 Å². The molecule has 0 aromatic heterocycles. The molecule has 8 atom stereocenters. The van der Waals surface area contributed by atoms with E-state index < -0.39 is 55.5 Å². The van der Waals surface area contributed by atoms with Crippen LogP contribution in [-0.2, 0) is 23.7 Å². The zero-order valence-corrected chi connectivity index (χ0v) is 14.7. The number of carbonyl (C=O) groups excluding carboxylic acids is 1. The van der Waals surface area contributed by atoms with E-state index in [9.17, 15) is 30.3 Å². The molecule has 152 valence electrons. The summed E-state index contributed by atoms with van der Waals surface area (Å²) in [5.74, 6) is -1.42. The van der Waals surface area contributed by atoms with Gasteiger partial charge in [0.2, 0.25) is 6.29 Å². The molecule has 2 aliphatic heterocycles. The maximum Gasteiger partial charge on any atom is 0.337 e.